The standard InChI is InChI=1S/C20H20ClF3N4O/c21-13-18(25)26-16-5-1-14(2-6-16)19(29)28-11-9-27(10-12-28)17-7-3-15(4-8-17)20(22,23)24/h1-8H,9-13H2,(H2,25,26). The zero-order valence-corrected chi connectivity index (χ0v) is 16.2. The van der Waals surface area contributed by atoms with Gasteiger partial charge in [-0.25, -0.2) is 4.99 Å². The van der Waals surface area contributed by atoms with Gasteiger partial charge in [-0.05, 0) is 48.5 Å². The third-order valence-corrected chi connectivity index (χ3v) is 4.92. The Balaban J connectivity index is 1.59. The summed E-state index contributed by atoms with van der Waals surface area (Å²) < 4.78 is 38.1. The minimum absolute atomic E-state index is 0.0992. The highest BCUT2D eigenvalue weighted by molar-refractivity contribution is 6.28. The molecule has 1 amide bonds. The number of piperazine rings is 1. The molecule has 0 bridgehead atoms. The van der Waals surface area contributed by atoms with Crippen LogP contribution in [0.2, 0.25) is 0 Å². The molecule has 1 aliphatic heterocycles. The Bertz CT molecular complexity index is 874. The Labute approximate surface area is 171 Å². The molecule has 0 radical (unpaired) electrons. The summed E-state index contributed by atoms with van der Waals surface area (Å²) in [6, 6.07) is 11.9. The zero-order chi connectivity index (χ0) is 21.0. The lowest BCUT2D eigenvalue weighted by molar-refractivity contribution is -0.137. The van der Waals surface area contributed by atoms with Gasteiger partial charge in [0.25, 0.3) is 5.91 Å². The summed E-state index contributed by atoms with van der Waals surface area (Å²) in [7, 11) is 0. The Morgan fingerprint density at radius 1 is 1.00 bits per heavy atom. The lowest BCUT2D eigenvalue weighted by Gasteiger charge is -2.36. The van der Waals surface area contributed by atoms with Crippen molar-refractivity contribution in [3.05, 3.63) is 59.7 Å². The fourth-order valence-corrected chi connectivity index (χ4v) is 3.15. The van der Waals surface area contributed by atoms with Crippen LogP contribution in [0.1, 0.15) is 15.9 Å². The van der Waals surface area contributed by atoms with Crippen LogP contribution in [0.4, 0.5) is 24.5 Å². The van der Waals surface area contributed by atoms with Crippen LogP contribution in [-0.2, 0) is 6.18 Å². The molecule has 0 spiro atoms. The van der Waals surface area contributed by atoms with Crippen molar-refractivity contribution in [2.24, 2.45) is 10.7 Å². The first kappa shape index (κ1) is 21.0. The quantitative estimate of drug-likeness (QED) is 0.460. The van der Waals surface area contributed by atoms with Gasteiger partial charge in [0.15, 0.2) is 0 Å². The Morgan fingerprint density at radius 3 is 2.10 bits per heavy atom. The minimum Gasteiger partial charge on any atom is -0.386 e. The number of hydrogen-bond acceptors (Lipinski definition) is 3. The predicted octanol–water partition coefficient (Wildman–Crippen LogP) is 3.90. The molecule has 0 aliphatic carbocycles. The number of amidine groups is 1. The van der Waals surface area contributed by atoms with E-state index in [2.05, 4.69) is 4.99 Å². The van der Waals surface area contributed by atoms with Crippen LogP contribution in [0.3, 0.4) is 0 Å². The molecule has 0 saturated carbocycles. The molecule has 2 aromatic carbocycles. The van der Waals surface area contributed by atoms with Crippen LogP contribution >= 0.6 is 11.6 Å². The van der Waals surface area contributed by atoms with Crippen LogP contribution in [-0.4, -0.2) is 48.7 Å². The van der Waals surface area contributed by atoms with Gasteiger partial charge < -0.3 is 15.5 Å². The summed E-state index contributed by atoms with van der Waals surface area (Å²) >= 11 is 5.60. The number of anilines is 1. The minimum atomic E-state index is -4.35. The second-order valence-corrected chi connectivity index (χ2v) is 6.87. The van der Waals surface area contributed by atoms with Crippen LogP contribution < -0.4 is 10.6 Å². The Morgan fingerprint density at radius 2 is 1.59 bits per heavy atom. The Kier molecular flexibility index (Phi) is 6.32. The number of halogens is 4. The summed E-state index contributed by atoms with van der Waals surface area (Å²) in [6.07, 6.45) is -4.35. The molecule has 29 heavy (non-hydrogen) atoms. The molecule has 3 rings (SSSR count). The molecule has 0 unspecified atom stereocenters. The number of rotatable bonds is 4. The van der Waals surface area contributed by atoms with Gasteiger partial charge in [0.2, 0.25) is 0 Å². The summed E-state index contributed by atoms with van der Waals surface area (Å²) in [5, 5.41) is 0. The van der Waals surface area contributed by atoms with Gasteiger partial charge in [-0.3, -0.25) is 4.79 Å². The molecule has 1 heterocycles. The SMILES string of the molecule is NC(CCl)=Nc1ccc(C(=O)N2CCN(c3ccc(C(F)(F)F)cc3)CC2)cc1. The molecular weight excluding hydrogens is 405 g/mol. The molecule has 0 aromatic heterocycles. The molecule has 5 nitrogen and oxygen atoms in total. The number of amides is 1. The van der Waals surface area contributed by atoms with Crippen molar-refractivity contribution in [1.29, 1.82) is 0 Å². The first-order valence-electron chi connectivity index (χ1n) is 8.98. The second kappa shape index (κ2) is 8.73. The van der Waals surface area contributed by atoms with Crippen LogP contribution in [0.5, 0.6) is 0 Å². The molecule has 2 N–H and O–H groups in total. The van der Waals surface area contributed by atoms with Gasteiger partial charge in [0.05, 0.1) is 17.1 Å². The molecule has 0 atom stereocenters. The second-order valence-electron chi connectivity index (χ2n) is 6.61. The van der Waals surface area contributed by atoms with Crippen molar-refractivity contribution < 1.29 is 18.0 Å². The largest absolute Gasteiger partial charge is 0.416 e. The molecule has 1 saturated heterocycles. The van der Waals surface area contributed by atoms with E-state index in [9.17, 15) is 18.0 Å². The maximum Gasteiger partial charge on any atom is 0.416 e. The van der Waals surface area contributed by atoms with Crippen LogP contribution in [0, 0.1) is 0 Å². The first-order chi connectivity index (χ1) is 13.8. The van der Waals surface area contributed by atoms with Gasteiger partial charge in [0, 0.05) is 37.4 Å². The van der Waals surface area contributed by atoms with Gasteiger partial charge in [0.1, 0.15) is 5.84 Å². The van der Waals surface area contributed by atoms with E-state index < -0.39 is 11.7 Å². The number of carbonyl (C=O) groups excluding carboxylic acids is 1. The topological polar surface area (TPSA) is 61.9 Å². The third kappa shape index (κ3) is 5.20. The van der Waals surface area contributed by atoms with Crippen LogP contribution in [0.25, 0.3) is 0 Å². The fraction of sp³-hybridized carbons (Fsp3) is 0.300. The van der Waals surface area contributed by atoms with Crippen molar-refractivity contribution in [2.45, 2.75) is 6.18 Å². The number of benzene rings is 2. The van der Waals surface area contributed by atoms with Crippen molar-refractivity contribution in [3.8, 4) is 0 Å². The highest BCUT2D eigenvalue weighted by atomic mass is 35.5. The number of carbonyl (C=O) groups is 1. The van der Waals surface area contributed by atoms with Crippen molar-refractivity contribution in [1.82, 2.24) is 4.90 Å². The number of nitrogens with two attached hydrogens (primary N) is 1. The maximum atomic E-state index is 12.7. The van der Waals surface area contributed by atoms with E-state index in [0.29, 0.717) is 49.0 Å². The molecule has 2 aromatic rings. The van der Waals surface area contributed by atoms with E-state index in [4.69, 9.17) is 17.3 Å². The summed E-state index contributed by atoms with van der Waals surface area (Å²) in [4.78, 5) is 20.5. The van der Waals surface area contributed by atoms with Crippen molar-refractivity contribution in [2.75, 3.05) is 37.0 Å². The average Bonchev–Trinajstić information content (AvgIpc) is 2.73. The lowest BCUT2D eigenvalue weighted by atomic mass is 10.1. The third-order valence-electron chi connectivity index (χ3n) is 4.65. The molecule has 1 aliphatic rings. The Hall–Kier alpha value is -2.74. The van der Waals surface area contributed by atoms with Crippen LogP contribution in [0.15, 0.2) is 53.5 Å². The van der Waals surface area contributed by atoms with Gasteiger partial charge >= 0.3 is 6.18 Å². The first-order valence-corrected chi connectivity index (χ1v) is 9.52. The summed E-state index contributed by atoms with van der Waals surface area (Å²) in [5.41, 5.74) is 6.79. The van der Waals surface area contributed by atoms with E-state index in [1.54, 1.807) is 29.2 Å². The highest BCUT2D eigenvalue weighted by Gasteiger charge is 2.30. The van der Waals surface area contributed by atoms with Gasteiger partial charge in [-0.15, -0.1) is 11.6 Å². The zero-order valence-electron chi connectivity index (χ0n) is 15.5. The lowest BCUT2D eigenvalue weighted by Crippen LogP contribution is -2.48. The van der Waals surface area contributed by atoms with E-state index in [0.717, 1.165) is 12.1 Å². The van der Waals surface area contributed by atoms with Gasteiger partial charge in [-0.2, -0.15) is 13.2 Å². The molecule has 1 fully saturated rings. The molecule has 154 valence electrons. The smallest absolute Gasteiger partial charge is 0.386 e. The average molecular weight is 425 g/mol. The van der Waals surface area contributed by atoms with E-state index in [1.165, 1.54) is 12.1 Å². The fourth-order valence-electron chi connectivity index (χ4n) is 3.09. The highest BCUT2D eigenvalue weighted by Crippen LogP contribution is 2.30. The molecule has 9 heteroatoms. The number of nitrogens with zero attached hydrogens (tertiary/aromatic N) is 3. The maximum absolute atomic E-state index is 12.7. The van der Waals surface area contributed by atoms with E-state index >= 15 is 0 Å². The number of aliphatic imine (C=N–C) groups is 1. The number of hydrogen-bond donors (Lipinski definition) is 1. The van der Waals surface area contributed by atoms with Crippen molar-refractivity contribution in [3.63, 3.8) is 0 Å². The van der Waals surface area contributed by atoms with Crippen molar-refractivity contribution >= 4 is 34.7 Å². The normalized spacial score (nSPS) is 15.5. The van der Waals surface area contributed by atoms with Gasteiger partial charge in [-0.1, -0.05) is 0 Å². The summed E-state index contributed by atoms with van der Waals surface area (Å²) in [5.74, 6) is 0.326. The summed E-state index contributed by atoms with van der Waals surface area (Å²) in [6.45, 7) is 2.06. The molecular formula is C20H20ClF3N4O. The monoisotopic (exact) mass is 424 g/mol. The predicted molar refractivity (Wildman–Crippen MR) is 108 cm³/mol. The number of alkyl halides is 4. The van der Waals surface area contributed by atoms with E-state index in [-0.39, 0.29) is 11.8 Å². The van der Waals surface area contributed by atoms with E-state index in [1.807, 2.05) is 4.90 Å².